The number of carbonyl (C=O) groups excluding carboxylic acids is 1. The maximum Gasteiger partial charge on any atom is 0.289 e. The van der Waals surface area contributed by atoms with Crippen molar-refractivity contribution in [3.05, 3.63) is 47.9 Å². The number of likely N-dealkylation sites (tertiary alicyclic amines) is 1. The SMILES string of the molecule is Cc1ncoc1C(=O)N[C@@H]1CN(Cc2cccnc2)C[C@H]1CN(C)C. The summed E-state index contributed by atoms with van der Waals surface area (Å²) < 4.78 is 5.22. The standard InChI is InChI=1S/C18H25N5O2/c1-13-17(25-12-20-13)18(24)21-16-11-23(10-15(16)9-22(2)3)8-14-5-4-6-19-7-14/h4-7,12,15-16H,8-11H2,1-3H3,(H,21,24)/t15-,16-/m1/s1. The van der Waals surface area contributed by atoms with Gasteiger partial charge in [-0.05, 0) is 32.6 Å². The summed E-state index contributed by atoms with van der Waals surface area (Å²) >= 11 is 0. The number of carbonyl (C=O) groups is 1. The second kappa shape index (κ2) is 7.76. The van der Waals surface area contributed by atoms with Crippen molar-refractivity contribution in [3.63, 3.8) is 0 Å². The van der Waals surface area contributed by atoms with E-state index in [0.717, 1.165) is 26.2 Å². The van der Waals surface area contributed by atoms with Crippen LogP contribution in [-0.2, 0) is 6.54 Å². The first-order valence-electron chi connectivity index (χ1n) is 8.50. The van der Waals surface area contributed by atoms with Crippen molar-refractivity contribution in [1.29, 1.82) is 0 Å². The molecular formula is C18H25N5O2. The smallest absolute Gasteiger partial charge is 0.289 e. The summed E-state index contributed by atoms with van der Waals surface area (Å²) in [6.07, 6.45) is 4.99. The van der Waals surface area contributed by atoms with Gasteiger partial charge in [0.15, 0.2) is 6.39 Å². The van der Waals surface area contributed by atoms with Gasteiger partial charge in [0.05, 0.1) is 5.69 Å². The molecule has 0 saturated carbocycles. The second-order valence-corrected chi connectivity index (χ2v) is 6.92. The van der Waals surface area contributed by atoms with Crippen LogP contribution in [0.15, 0.2) is 35.3 Å². The molecule has 2 atom stereocenters. The lowest BCUT2D eigenvalue weighted by Gasteiger charge is -2.22. The number of nitrogens with one attached hydrogen (secondary N) is 1. The van der Waals surface area contributed by atoms with Gasteiger partial charge < -0.3 is 14.6 Å². The number of nitrogens with zero attached hydrogens (tertiary/aromatic N) is 4. The zero-order valence-corrected chi connectivity index (χ0v) is 15.0. The zero-order chi connectivity index (χ0) is 17.8. The van der Waals surface area contributed by atoms with Crippen molar-refractivity contribution in [2.45, 2.75) is 19.5 Å². The Morgan fingerprint density at radius 3 is 2.92 bits per heavy atom. The quantitative estimate of drug-likeness (QED) is 0.849. The van der Waals surface area contributed by atoms with E-state index in [1.54, 1.807) is 13.1 Å². The van der Waals surface area contributed by atoms with E-state index >= 15 is 0 Å². The number of aryl methyl sites for hydroxylation is 1. The van der Waals surface area contributed by atoms with Gasteiger partial charge in [-0.15, -0.1) is 0 Å². The van der Waals surface area contributed by atoms with E-state index in [-0.39, 0.29) is 11.9 Å². The minimum atomic E-state index is -0.188. The first-order valence-corrected chi connectivity index (χ1v) is 8.50. The van der Waals surface area contributed by atoms with Crippen LogP contribution in [0.2, 0.25) is 0 Å². The molecule has 0 aromatic carbocycles. The molecule has 134 valence electrons. The van der Waals surface area contributed by atoms with E-state index in [1.165, 1.54) is 12.0 Å². The Labute approximate surface area is 148 Å². The molecule has 1 N–H and O–H groups in total. The van der Waals surface area contributed by atoms with Crippen LogP contribution in [0.5, 0.6) is 0 Å². The third-order valence-corrected chi connectivity index (χ3v) is 4.51. The monoisotopic (exact) mass is 343 g/mol. The molecule has 1 aliphatic heterocycles. The van der Waals surface area contributed by atoms with Gasteiger partial charge in [0.1, 0.15) is 0 Å². The summed E-state index contributed by atoms with van der Waals surface area (Å²) in [6.45, 7) is 5.29. The fraction of sp³-hybridized carbons (Fsp3) is 0.500. The predicted octanol–water partition coefficient (Wildman–Crippen LogP) is 1.17. The van der Waals surface area contributed by atoms with E-state index in [1.807, 2.05) is 12.3 Å². The number of hydrogen-bond donors (Lipinski definition) is 1. The molecule has 2 aromatic heterocycles. The molecule has 0 radical (unpaired) electrons. The van der Waals surface area contributed by atoms with E-state index < -0.39 is 0 Å². The molecule has 7 heteroatoms. The highest BCUT2D eigenvalue weighted by Gasteiger charge is 2.34. The Bertz CT molecular complexity index is 701. The summed E-state index contributed by atoms with van der Waals surface area (Å²) in [5.74, 6) is 0.472. The minimum absolute atomic E-state index is 0.0797. The summed E-state index contributed by atoms with van der Waals surface area (Å²) in [6, 6.07) is 4.11. The number of pyridine rings is 1. The third kappa shape index (κ3) is 4.43. The largest absolute Gasteiger partial charge is 0.438 e. The van der Waals surface area contributed by atoms with Crippen LogP contribution in [-0.4, -0.2) is 65.4 Å². The average molecular weight is 343 g/mol. The maximum atomic E-state index is 12.5. The van der Waals surface area contributed by atoms with Crippen molar-refractivity contribution in [1.82, 2.24) is 25.1 Å². The minimum Gasteiger partial charge on any atom is -0.438 e. The lowest BCUT2D eigenvalue weighted by molar-refractivity contribution is 0.0897. The highest BCUT2D eigenvalue weighted by molar-refractivity contribution is 5.92. The first-order chi connectivity index (χ1) is 12.0. The van der Waals surface area contributed by atoms with Gasteiger partial charge in [0, 0.05) is 50.5 Å². The van der Waals surface area contributed by atoms with E-state index in [4.69, 9.17) is 4.42 Å². The first kappa shape index (κ1) is 17.6. The number of amides is 1. The summed E-state index contributed by atoms with van der Waals surface area (Å²) in [4.78, 5) is 25.2. The van der Waals surface area contributed by atoms with Crippen molar-refractivity contribution in [2.75, 3.05) is 33.7 Å². The summed E-state index contributed by atoms with van der Waals surface area (Å²) in [7, 11) is 4.12. The van der Waals surface area contributed by atoms with Crippen molar-refractivity contribution in [3.8, 4) is 0 Å². The molecule has 7 nitrogen and oxygen atoms in total. The lowest BCUT2D eigenvalue weighted by Crippen LogP contribution is -2.43. The van der Waals surface area contributed by atoms with Crippen LogP contribution in [0.3, 0.4) is 0 Å². The molecule has 25 heavy (non-hydrogen) atoms. The Morgan fingerprint density at radius 1 is 1.44 bits per heavy atom. The van der Waals surface area contributed by atoms with Crippen molar-refractivity contribution in [2.24, 2.45) is 5.92 Å². The molecule has 2 aromatic rings. The molecule has 1 aliphatic rings. The lowest BCUT2D eigenvalue weighted by atomic mass is 10.0. The van der Waals surface area contributed by atoms with Crippen LogP contribution in [0, 0.1) is 12.8 Å². The van der Waals surface area contributed by atoms with E-state index in [0.29, 0.717) is 17.4 Å². The number of oxazole rings is 1. The highest BCUT2D eigenvalue weighted by atomic mass is 16.3. The Morgan fingerprint density at radius 2 is 2.28 bits per heavy atom. The van der Waals surface area contributed by atoms with Gasteiger partial charge in [-0.25, -0.2) is 4.98 Å². The molecule has 0 aliphatic carbocycles. The van der Waals surface area contributed by atoms with Crippen LogP contribution in [0.4, 0.5) is 0 Å². The van der Waals surface area contributed by atoms with Crippen LogP contribution in [0.25, 0.3) is 0 Å². The predicted molar refractivity (Wildman–Crippen MR) is 94.1 cm³/mol. The summed E-state index contributed by atoms with van der Waals surface area (Å²) in [5, 5.41) is 3.14. The van der Waals surface area contributed by atoms with Crippen LogP contribution in [0.1, 0.15) is 21.8 Å². The molecule has 1 fully saturated rings. The van der Waals surface area contributed by atoms with Crippen LogP contribution >= 0.6 is 0 Å². The van der Waals surface area contributed by atoms with Gasteiger partial charge in [-0.2, -0.15) is 0 Å². The van der Waals surface area contributed by atoms with Gasteiger partial charge in [-0.1, -0.05) is 6.07 Å². The Balaban J connectivity index is 1.67. The summed E-state index contributed by atoms with van der Waals surface area (Å²) in [5.41, 5.74) is 1.80. The maximum absolute atomic E-state index is 12.5. The van der Waals surface area contributed by atoms with Gasteiger partial charge >= 0.3 is 0 Å². The molecule has 3 heterocycles. The Hall–Kier alpha value is -2.25. The molecule has 0 unspecified atom stereocenters. The van der Waals surface area contributed by atoms with Gasteiger partial charge in [0.2, 0.25) is 5.76 Å². The molecule has 1 saturated heterocycles. The fourth-order valence-corrected chi connectivity index (χ4v) is 3.41. The zero-order valence-electron chi connectivity index (χ0n) is 15.0. The molecule has 1 amide bonds. The second-order valence-electron chi connectivity index (χ2n) is 6.92. The third-order valence-electron chi connectivity index (χ3n) is 4.51. The number of aromatic nitrogens is 2. The van der Waals surface area contributed by atoms with Crippen LogP contribution < -0.4 is 5.32 Å². The van der Waals surface area contributed by atoms with Crippen molar-refractivity contribution < 1.29 is 9.21 Å². The average Bonchev–Trinajstić information content (AvgIpc) is 3.14. The van der Waals surface area contributed by atoms with E-state index in [2.05, 4.69) is 45.2 Å². The Kier molecular flexibility index (Phi) is 5.45. The number of hydrogen-bond acceptors (Lipinski definition) is 6. The fourth-order valence-electron chi connectivity index (χ4n) is 3.41. The topological polar surface area (TPSA) is 74.5 Å². The molecular weight excluding hydrogens is 318 g/mol. The number of rotatable bonds is 6. The molecule has 0 spiro atoms. The van der Waals surface area contributed by atoms with Gasteiger partial charge in [0.25, 0.3) is 5.91 Å². The van der Waals surface area contributed by atoms with Crippen molar-refractivity contribution >= 4 is 5.91 Å². The van der Waals surface area contributed by atoms with Gasteiger partial charge in [-0.3, -0.25) is 14.7 Å². The normalized spacial score (nSPS) is 21.0. The molecule has 0 bridgehead atoms. The molecule has 3 rings (SSSR count). The highest BCUT2D eigenvalue weighted by Crippen LogP contribution is 2.21. The van der Waals surface area contributed by atoms with E-state index in [9.17, 15) is 4.79 Å².